The van der Waals surface area contributed by atoms with Crippen LogP contribution in [0, 0.1) is 5.92 Å². The van der Waals surface area contributed by atoms with Crippen molar-refractivity contribution in [3.8, 4) is 0 Å². The summed E-state index contributed by atoms with van der Waals surface area (Å²) in [7, 11) is 0. The van der Waals surface area contributed by atoms with Crippen LogP contribution in [0.3, 0.4) is 0 Å². The monoisotopic (exact) mass is 434 g/mol. The van der Waals surface area contributed by atoms with Crippen LogP contribution >= 0.6 is 11.6 Å². The molecule has 0 heterocycles. The van der Waals surface area contributed by atoms with Gasteiger partial charge >= 0.3 is 6.18 Å². The molecule has 0 aromatic heterocycles. The van der Waals surface area contributed by atoms with Crippen molar-refractivity contribution >= 4 is 29.0 Å². The first-order chi connectivity index (χ1) is 14.4. The van der Waals surface area contributed by atoms with E-state index >= 15 is 0 Å². The van der Waals surface area contributed by atoms with E-state index in [1.807, 2.05) is 36.4 Å². The van der Waals surface area contributed by atoms with E-state index in [-0.39, 0.29) is 11.2 Å². The van der Waals surface area contributed by atoms with Gasteiger partial charge in [-0.3, -0.25) is 4.79 Å². The van der Waals surface area contributed by atoms with Gasteiger partial charge in [-0.1, -0.05) is 66.8 Å². The summed E-state index contributed by atoms with van der Waals surface area (Å²) in [6.45, 7) is 0. The molecule has 0 spiro atoms. The number of alkyl halides is 3. The van der Waals surface area contributed by atoms with Gasteiger partial charge in [-0.05, 0) is 73.4 Å². The maximum absolute atomic E-state index is 12.6. The van der Waals surface area contributed by atoms with Crippen LogP contribution in [0.2, 0.25) is 0 Å². The van der Waals surface area contributed by atoms with Gasteiger partial charge in [0.05, 0.1) is 5.56 Å². The zero-order chi connectivity index (χ0) is 21.8. The molecule has 0 bridgehead atoms. The lowest BCUT2D eigenvalue weighted by Gasteiger charge is -2.10. The van der Waals surface area contributed by atoms with Gasteiger partial charge in [0.25, 0.3) is 0 Å². The third-order valence-electron chi connectivity index (χ3n) is 4.83. The smallest absolute Gasteiger partial charge is 0.281 e. The summed E-state index contributed by atoms with van der Waals surface area (Å²) in [5.41, 5.74) is 1.22. The molecule has 30 heavy (non-hydrogen) atoms. The van der Waals surface area contributed by atoms with Crippen LogP contribution < -0.4 is 0 Å². The maximum atomic E-state index is 12.6. The largest absolute Gasteiger partial charge is 0.416 e. The Labute approximate surface area is 181 Å². The van der Waals surface area contributed by atoms with Crippen molar-refractivity contribution in [3.63, 3.8) is 0 Å². The number of hydrogen-bond donors (Lipinski definition) is 0. The highest BCUT2D eigenvalue weighted by molar-refractivity contribution is 6.63. The minimum Gasteiger partial charge on any atom is -0.281 e. The van der Waals surface area contributed by atoms with Crippen molar-refractivity contribution < 1.29 is 18.0 Å². The van der Waals surface area contributed by atoms with Crippen LogP contribution in [-0.2, 0) is 11.0 Å². The van der Waals surface area contributed by atoms with Crippen molar-refractivity contribution in [3.05, 3.63) is 83.4 Å². The minimum atomic E-state index is -4.32. The normalized spacial score (nSPS) is 13.2. The van der Waals surface area contributed by atoms with Gasteiger partial charge in [0.1, 0.15) is 0 Å². The topological polar surface area (TPSA) is 17.1 Å². The van der Waals surface area contributed by atoms with Gasteiger partial charge in [0, 0.05) is 5.92 Å². The fourth-order valence-electron chi connectivity index (χ4n) is 3.12. The lowest BCUT2D eigenvalue weighted by Crippen LogP contribution is -2.08. The van der Waals surface area contributed by atoms with E-state index in [4.69, 9.17) is 11.6 Å². The van der Waals surface area contributed by atoms with Crippen LogP contribution in [0.1, 0.15) is 55.2 Å². The molecule has 0 aliphatic rings. The fourth-order valence-corrected chi connectivity index (χ4v) is 3.34. The quantitative estimate of drug-likeness (QED) is 0.257. The second-order valence-corrected chi connectivity index (χ2v) is 7.57. The second-order valence-electron chi connectivity index (χ2n) is 7.20. The molecule has 0 aliphatic carbocycles. The van der Waals surface area contributed by atoms with Crippen LogP contribution in [0.5, 0.6) is 0 Å². The molecule has 160 valence electrons. The molecule has 1 unspecified atom stereocenters. The van der Waals surface area contributed by atoms with E-state index < -0.39 is 11.7 Å². The average molecular weight is 435 g/mol. The Kier molecular flexibility index (Phi) is 9.88. The van der Waals surface area contributed by atoms with Gasteiger partial charge in [0.2, 0.25) is 5.24 Å². The molecule has 1 nitrogen and oxygen atoms in total. The number of allylic oxidation sites excluding steroid dienone is 2. The van der Waals surface area contributed by atoms with Crippen LogP contribution in [-0.4, -0.2) is 5.24 Å². The SMILES string of the molecule is O=C(Cl)C(CCC/C=C/c1ccccc1)CCC/C=C/c1ccc(C(F)(F)F)cc1. The zero-order valence-electron chi connectivity index (χ0n) is 16.7. The molecule has 0 N–H and O–H groups in total. The highest BCUT2D eigenvalue weighted by Crippen LogP contribution is 2.29. The highest BCUT2D eigenvalue weighted by Gasteiger charge is 2.29. The third kappa shape index (κ3) is 9.00. The first kappa shape index (κ1) is 23.9. The number of rotatable bonds is 11. The fraction of sp³-hybridized carbons (Fsp3) is 0.320. The molecule has 0 fully saturated rings. The molecule has 0 saturated heterocycles. The zero-order valence-corrected chi connectivity index (χ0v) is 17.5. The number of halogens is 4. The Bertz CT molecular complexity index is 824. The maximum Gasteiger partial charge on any atom is 0.416 e. The third-order valence-corrected chi connectivity index (χ3v) is 5.13. The second kappa shape index (κ2) is 12.4. The number of unbranched alkanes of at least 4 members (excludes halogenated alkanes) is 2. The first-order valence-electron chi connectivity index (χ1n) is 10.1. The molecular weight excluding hydrogens is 409 g/mol. The summed E-state index contributed by atoms with van der Waals surface area (Å²) >= 11 is 5.75. The predicted octanol–water partition coefficient (Wildman–Crippen LogP) is 8.15. The van der Waals surface area contributed by atoms with E-state index in [9.17, 15) is 18.0 Å². The molecule has 1 atom stereocenters. The Balaban J connectivity index is 1.68. The van der Waals surface area contributed by atoms with E-state index in [0.29, 0.717) is 6.42 Å². The molecular formula is C25H26ClF3O. The van der Waals surface area contributed by atoms with E-state index in [1.54, 1.807) is 6.08 Å². The summed E-state index contributed by atoms with van der Waals surface area (Å²) in [6.07, 6.45) is 8.39. The Morgan fingerprint density at radius 3 is 1.80 bits per heavy atom. The molecule has 0 saturated carbocycles. The number of benzene rings is 2. The number of hydrogen-bond acceptors (Lipinski definition) is 1. The van der Waals surface area contributed by atoms with Crippen LogP contribution in [0.25, 0.3) is 12.2 Å². The summed E-state index contributed by atoms with van der Waals surface area (Å²) in [5.74, 6) is -0.156. The minimum absolute atomic E-state index is 0.156. The standard InChI is InChI=1S/C25H26ClF3O/c26-24(30)22(14-8-2-6-12-20-10-4-1-5-11-20)15-9-3-7-13-21-16-18-23(19-17-21)25(27,28)29/h1,4-7,10-13,16-19,22H,2-3,8-9,14-15H2/b12-6+,13-7+. The molecule has 5 heteroatoms. The highest BCUT2D eigenvalue weighted by atomic mass is 35.5. The van der Waals surface area contributed by atoms with Gasteiger partial charge < -0.3 is 0 Å². The molecule has 2 aromatic carbocycles. The lowest BCUT2D eigenvalue weighted by molar-refractivity contribution is -0.137. The summed E-state index contributed by atoms with van der Waals surface area (Å²) in [6, 6.07) is 15.1. The van der Waals surface area contributed by atoms with E-state index in [2.05, 4.69) is 12.2 Å². The van der Waals surface area contributed by atoms with Crippen LogP contribution in [0.15, 0.2) is 66.7 Å². The molecule has 0 aliphatic heterocycles. The molecule has 2 aromatic rings. The predicted molar refractivity (Wildman–Crippen MR) is 118 cm³/mol. The molecule has 0 radical (unpaired) electrons. The van der Waals surface area contributed by atoms with E-state index in [1.165, 1.54) is 12.1 Å². The summed E-state index contributed by atoms with van der Waals surface area (Å²) in [4.78, 5) is 11.7. The summed E-state index contributed by atoms with van der Waals surface area (Å²) in [5, 5.41) is -0.297. The van der Waals surface area contributed by atoms with Crippen molar-refractivity contribution in [1.29, 1.82) is 0 Å². The van der Waals surface area contributed by atoms with E-state index in [0.717, 1.165) is 55.4 Å². The van der Waals surface area contributed by atoms with Gasteiger partial charge in [0.15, 0.2) is 0 Å². The van der Waals surface area contributed by atoms with Crippen molar-refractivity contribution in [2.45, 2.75) is 44.7 Å². The molecule has 2 rings (SSSR count). The molecule has 0 amide bonds. The van der Waals surface area contributed by atoms with Crippen molar-refractivity contribution in [1.82, 2.24) is 0 Å². The van der Waals surface area contributed by atoms with Crippen LogP contribution in [0.4, 0.5) is 13.2 Å². The van der Waals surface area contributed by atoms with Gasteiger partial charge in [-0.25, -0.2) is 0 Å². The number of carbonyl (C=O) groups is 1. The lowest BCUT2D eigenvalue weighted by atomic mass is 9.96. The Morgan fingerprint density at radius 1 is 0.833 bits per heavy atom. The first-order valence-corrected chi connectivity index (χ1v) is 10.5. The summed E-state index contributed by atoms with van der Waals surface area (Å²) < 4.78 is 37.7. The Morgan fingerprint density at radius 2 is 1.33 bits per heavy atom. The number of carbonyl (C=O) groups excluding carboxylic acids is 1. The van der Waals surface area contributed by atoms with Crippen molar-refractivity contribution in [2.24, 2.45) is 5.92 Å². The Hall–Kier alpha value is -2.33. The van der Waals surface area contributed by atoms with Crippen molar-refractivity contribution in [2.75, 3.05) is 0 Å². The van der Waals surface area contributed by atoms with Gasteiger partial charge in [-0.15, -0.1) is 0 Å². The van der Waals surface area contributed by atoms with Gasteiger partial charge in [-0.2, -0.15) is 13.2 Å². The average Bonchev–Trinajstić information content (AvgIpc) is 2.72.